The molecule has 0 N–H and O–H groups in total. The zero-order valence-corrected chi connectivity index (χ0v) is 15.7. The molecule has 1 amide bonds. The number of pyridine rings is 1. The number of carbonyl (C=O) groups is 1. The van der Waals surface area contributed by atoms with Crippen LogP contribution >= 0.6 is 0 Å². The zero-order chi connectivity index (χ0) is 19.6. The average Bonchev–Trinajstić information content (AvgIpc) is 2.64. The first kappa shape index (κ1) is 18.8. The molecule has 0 spiro atoms. The van der Waals surface area contributed by atoms with Crippen molar-refractivity contribution in [2.24, 2.45) is 0 Å². The Hall–Kier alpha value is -2.96. The number of nitrogens with zero attached hydrogens (tertiary/aromatic N) is 4. The van der Waals surface area contributed by atoms with E-state index in [-0.39, 0.29) is 16.9 Å². The minimum absolute atomic E-state index is 0.140. The van der Waals surface area contributed by atoms with E-state index < -0.39 is 10.0 Å². The van der Waals surface area contributed by atoms with Crippen LogP contribution in [-0.2, 0) is 10.0 Å². The number of ether oxygens (including phenoxy) is 1. The minimum atomic E-state index is -3.52. The monoisotopic (exact) mass is 386 g/mol. The standard InChI is InChI=1S/C18H18N4O4S/c1-21(2)27(24,25)16-6-4-14(5-7-16)18(23)22-11-15(12-22)26-17-8-3-13(9-19)10-20-17/h3-8,10,15H,11-12H2,1-2H3. The summed E-state index contributed by atoms with van der Waals surface area (Å²) >= 11 is 0. The largest absolute Gasteiger partial charge is 0.471 e. The van der Waals surface area contributed by atoms with Crippen molar-refractivity contribution in [3.05, 3.63) is 53.7 Å². The van der Waals surface area contributed by atoms with E-state index in [0.717, 1.165) is 4.31 Å². The number of amides is 1. The molecule has 0 bridgehead atoms. The third-order valence-electron chi connectivity index (χ3n) is 4.17. The van der Waals surface area contributed by atoms with E-state index >= 15 is 0 Å². The molecule has 1 aromatic heterocycles. The van der Waals surface area contributed by atoms with Crippen LogP contribution < -0.4 is 4.74 Å². The molecule has 1 aliphatic rings. The summed E-state index contributed by atoms with van der Waals surface area (Å²) in [5, 5.41) is 8.75. The second-order valence-electron chi connectivity index (χ2n) is 6.26. The van der Waals surface area contributed by atoms with Gasteiger partial charge in [-0.25, -0.2) is 17.7 Å². The normalized spacial score (nSPS) is 14.5. The molecule has 0 saturated carbocycles. The lowest BCUT2D eigenvalue weighted by Gasteiger charge is -2.38. The highest BCUT2D eigenvalue weighted by Gasteiger charge is 2.33. The molecule has 2 aromatic rings. The van der Waals surface area contributed by atoms with Crippen molar-refractivity contribution in [2.75, 3.05) is 27.2 Å². The molecule has 1 aromatic carbocycles. The molecule has 0 atom stereocenters. The Morgan fingerprint density at radius 3 is 2.41 bits per heavy atom. The van der Waals surface area contributed by atoms with Crippen LogP contribution in [0.3, 0.4) is 0 Å². The van der Waals surface area contributed by atoms with Crippen LogP contribution in [0.15, 0.2) is 47.5 Å². The Labute approximate surface area is 157 Å². The lowest BCUT2D eigenvalue weighted by atomic mass is 10.1. The van der Waals surface area contributed by atoms with E-state index in [1.807, 2.05) is 6.07 Å². The molecule has 9 heteroatoms. The second-order valence-corrected chi connectivity index (χ2v) is 8.41. The molecule has 1 fully saturated rings. The lowest BCUT2D eigenvalue weighted by Crippen LogP contribution is -2.56. The number of hydrogen-bond acceptors (Lipinski definition) is 6. The van der Waals surface area contributed by atoms with E-state index in [0.29, 0.717) is 30.1 Å². The van der Waals surface area contributed by atoms with Crippen LogP contribution in [0.1, 0.15) is 15.9 Å². The number of nitriles is 1. The van der Waals surface area contributed by atoms with Crippen molar-refractivity contribution < 1.29 is 17.9 Å². The second kappa shape index (κ2) is 7.34. The molecule has 0 unspecified atom stereocenters. The molecule has 2 heterocycles. The van der Waals surface area contributed by atoms with Gasteiger partial charge in [-0.1, -0.05) is 0 Å². The molecule has 0 radical (unpaired) electrons. The Morgan fingerprint density at radius 1 is 1.22 bits per heavy atom. The van der Waals surface area contributed by atoms with Crippen molar-refractivity contribution >= 4 is 15.9 Å². The first-order chi connectivity index (χ1) is 12.8. The fourth-order valence-corrected chi connectivity index (χ4v) is 3.43. The number of hydrogen-bond donors (Lipinski definition) is 0. The maximum absolute atomic E-state index is 12.5. The number of sulfonamides is 1. The quantitative estimate of drug-likeness (QED) is 0.762. The van der Waals surface area contributed by atoms with Gasteiger partial charge in [-0.15, -0.1) is 0 Å². The Morgan fingerprint density at radius 2 is 1.89 bits per heavy atom. The van der Waals surface area contributed by atoms with Crippen LogP contribution in [0.4, 0.5) is 0 Å². The molecule has 140 valence electrons. The highest BCUT2D eigenvalue weighted by atomic mass is 32.2. The number of benzene rings is 1. The summed E-state index contributed by atoms with van der Waals surface area (Å²) in [6.07, 6.45) is 1.27. The van der Waals surface area contributed by atoms with Crippen LogP contribution in [0.2, 0.25) is 0 Å². The van der Waals surface area contributed by atoms with E-state index in [1.54, 1.807) is 17.0 Å². The lowest BCUT2D eigenvalue weighted by molar-refractivity contribution is 0.0160. The first-order valence-electron chi connectivity index (χ1n) is 8.16. The van der Waals surface area contributed by atoms with Gasteiger partial charge in [-0.05, 0) is 30.3 Å². The van der Waals surface area contributed by atoms with Crippen molar-refractivity contribution in [1.29, 1.82) is 5.26 Å². The summed E-state index contributed by atoms with van der Waals surface area (Å²) in [7, 11) is -0.607. The van der Waals surface area contributed by atoms with Gasteiger partial charge >= 0.3 is 0 Å². The maximum Gasteiger partial charge on any atom is 0.254 e. The Kier molecular flexibility index (Phi) is 5.12. The highest BCUT2D eigenvalue weighted by Crippen LogP contribution is 2.20. The van der Waals surface area contributed by atoms with Crippen molar-refractivity contribution in [1.82, 2.24) is 14.2 Å². The third-order valence-corrected chi connectivity index (χ3v) is 6.00. The predicted molar refractivity (Wildman–Crippen MR) is 96.6 cm³/mol. The van der Waals surface area contributed by atoms with Crippen molar-refractivity contribution in [2.45, 2.75) is 11.0 Å². The van der Waals surface area contributed by atoms with Crippen LogP contribution in [0.25, 0.3) is 0 Å². The number of likely N-dealkylation sites (tertiary alicyclic amines) is 1. The number of aromatic nitrogens is 1. The zero-order valence-electron chi connectivity index (χ0n) is 14.9. The summed E-state index contributed by atoms with van der Waals surface area (Å²) in [5.41, 5.74) is 0.871. The fraction of sp³-hybridized carbons (Fsp3) is 0.278. The van der Waals surface area contributed by atoms with Crippen molar-refractivity contribution in [3.63, 3.8) is 0 Å². The van der Waals surface area contributed by atoms with Crippen LogP contribution in [0.5, 0.6) is 5.88 Å². The van der Waals surface area contributed by atoms with Gasteiger partial charge in [0.2, 0.25) is 15.9 Å². The van der Waals surface area contributed by atoms with Gasteiger partial charge in [0.05, 0.1) is 23.5 Å². The van der Waals surface area contributed by atoms with Gasteiger partial charge < -0.3 is 9.64 Å². The van der Waals surface area contributed by atoms with Gasteiger partial charge in [0.1, 0.15) is 12.2 Å². The molecule has 27 heavy (non-hydrogen) atoms. The summed E-state index contributed by atoms with van der Waals surface area (Å²) in [5.74, 6) is 0.223. The molecule has 1 aliphatic heterocycles. The maximum atomic E-state index is 12.5. The minimum Gasteiger partial charge on any atom is -0.471 e. The number of carbonyl (C=O) groups excluding carboxylic acids is 1. The first-order valence-corrected chi connectivity index (χ1v) is 9.60. The summed E-state index contributed by atoms with van der Waals surface area (Å²) in [4.78, 5) is 18.3. The summed E-state index contributed by atoms with van der Waals surface area (Å²) in [6.45, 7) is 0.830. The molecule has 3 rings (SSSR count). The van der Waals surface area contributed by atoms with Gasteiger partial charge in [0, 0.05) is 31.9 Å². The SMILES string of the molecule is CN(C)S(=O)(=O)c1ccc(C(=O)N2CC(Oc3ccc(C#N)cn3)C2)cc1. The molecule has 1 saturated heterocycles. The average molecular weight is 386 g/mol. The molecule has 8 nitrogen and oxygen atoms in total. The third kappa shape index (κ3) is 3.92. The highest BCUT2D eigenvalue weighted by molar-refractivity contribution is 7.89. The van der Waals surface area contributed by atoms with Crippen LogP contribution in [-0.4, -0.2) is 61.8 Å². The van der Waals surface area contributed by atoms with E-state index in [1.165, 1.54) is 44.6 Å². The number of rotatable bonds is 5. The van der Waals surface area contributed by atoms with Crippen molar-refractivity contribution in [3.8, 4) is 11.9 Å². The molecular weight excluding hydrogens is 368 g/mol. The predicted octanol–water partition coefficient (Wildman–Crippen LogP) is 1.11. The molecular formula is C18H18N4O4S. The van der Waals surface area contributed by atoms with Gasteiger partial charge in [0.15, 0.2) is 0 Å². The van der Waals surface area contributed by atoms with Gasteiger partial charge in [0.25, 0.3) is 5.91 Å². The fourth-order valence-electron chi connectivity index (χ4n) is 2.53. The topological polar surface area (TPSA) is 104 Å². The van der Waals surface area contributed by atoms with Gasteiger partial charge in [-0.2, -0.15) is 5.26 Å². The van der Waals surface area contributed by atoms with E-state index in [9.17, 15) is 13.2 Å². The van der Waals surface area contributed by atoms with Crippen LogP contribution in [0, 0.1) is 11.3 Å². The molecule has 0 aliphatic carbocycles. The van der Waals surface area contributed by atoms with E-state index in [4.69, 9.17) is 10.00 Å². The Bertz CT molecular complexity index is 974. The van der Waals surface area contributed by atoms with Gasteiger partial charge in [-0.3, -0.25) is 4.79 Å². The smallest absolute Gasteiger partial charge is 0.254 e. The Balaban J connectivity index is 1.58. The summed E-state index contributed by atoms with van der Waals surface area (Å²) in [6, 6.07) is 11.1. The van der Waals surface area contributed by atoms with E-state index in [2.05, 4.69) is 4.98 Å². The summed E-state index contributed by atoms with van der Waals surface area (Å²) < 4.78 is 30.9.